The summed E-state index contributed by atoms with van der Waals surface area (Å²) in [5, 5.41) is 5.54. The molecule has 0 aliphatic rings. The zero-order valence-corrected chi connectivity index (χ0v) is 11.8. The first kappa shape index (κ1) is 14.4. The van der Waals surface area contributed by atoms with Gasteiger partial charge in [0.25, 0.3) is 5.91 Å². The predicted molar refractivity (Wildman–Crippen MR) is 81.5 cm³/mol. The van der Waals surface area contributed by atoms with Crippen LogP contribution in [0.1, 0.15) is 10.4 Å². The van der Waals surface area contributed by atoms with E-state index in [1.807, 2.05) is 0 Å². The number of amides is 1. The topological polar surface area (TPSA) is 41.1 Å². The van der Waals surface area contributed by atoms with Crippen LogP contribution >= 0.6 is 23.8 Å². The van der Waals surface area contributed by atoms with Crippen molar-refractivity contribution in [2.24, 2.45) is 0 Å². The van der Waals surface area contributed by atoms with E-state index >= 15 is 0 Å². The van der Waals surface area contributed by atoms with E-state index in [-0.39, 0.29) is 10.8 Å². The Balaban J connectivity index is 2.02. The number of anilines is 1. The highest BCUT2D eigenvalue weighted by Gasteiger charge is 2.09. The fourth-order valence-electron chi connectivity index (χ4n) is 1.52. The van der Waals surface area contributed by atoms with E-state index in [4.69, 9.17) is 23.8 Å². The minimum Gasteiger partial charge on any atom is -0.330 e. The molecule has 2 rings (SSSR count). The van der Waals surface area contributed by atoms with Crippen molar-refractivity contribution in [1.29, 1.82) is 0 Å². The minimum atomic E-state index is -0.452. The average Bonchev–Trinajstić information content (AvgIpc) is 2.41. The summed E-state index contributed by atoms with van der Waals surface area (Å²) in [5.41, 5.74) is 0.569. The number of carbonyl (C=O) groups is 1. The molecular formula is C14H10ClFN2OS. The molecule has 2 aromatic carbocycles. The molecule has 0 atom stereocenters. The Bertz CT molecular complexity index is 663. The second-order valence-corrected chi connectivity index (χ2v) is 4.74. The summed E-state index contributed by atoms with van der Waals surface area (Å²) >= 11 is 10.8. The van der Waals surface area contributed by atoms with Crippen LogP contribution in [-0.2, 0) is 0 Å². The molecule has 0 saturated carbocycles. The lowest BCUT2D eigenvalue weighted by Gasteiger charge is -2.10. The van der Waals surface area contributed by atoms with Gasteiger partial charge in [-0.25, -0.2) is 4.39 Å². The lowest BCUT2D eigenvalue weighted by atomic mass is 10.2. The van der Waals surface area contributed by atoms with Crippen molar-refractivity contribution in [3.63, 3.8) is 0 Å². The molecule has 2 aromatic rings. The number of nitrogens with one attached hydrogen (secondary N) is 2. The largest absolute Gasteiger partial charge is 0.330 e. The van der Waals surface area contributed by atoms with Crippen LogP contribution in [0.3, 0.4) is 0 Å². The van der Waals surface area contributed by atoms with Crippen LogP contribution in [0.2, 0.25) is 5.02 Å². The van der Waals surface area contributed by atoms with Crippen molar-refractivity contribution >= 4 is 40.5 Å². The fraction of sp³-hybridized carbons (Fsp3) is 0. The molecule has 0 bridgehead atoms. The summed E-state index contributed by atoms with van der Waals surface area (Å²) < 4.78 is 13.4. The minimum absolute atomic E-state index is 0.0140. The number of para-hydroxylation sites is 1. The first-order chi connectivity index (χ1) is 9.56. The van der Waals surface area contributed by atoms with Crippen LogP contribution in [0.5, 0.6) is 0 Å². The molecule has 6 heteroatoms. The van der Waals surface area contributed by atoms with Gasteiger partial charge in [-0.1, -0.05) is 29.8 Å². The van der Waals surface area contributed by atoms with Crippen LogP contribution in [0.15, 0.2) is 48.5 Å². The van der Waals surface area contributed by atoms with Crippen molar-refractivity contribution < 1.29 is 9.18 Å². The van der Waals surface area contributed by atoms with Crippen LogP contribution in [0, 0.1) is 5.82 Å². The second kappa shape index (κ2) is 6.45. The Morgan fingerprint density at radius 2 is 1.90 bits per heavy atom. The maximum atomic E-state index is 13.4. The Hall–Kier alpha value is -1.98. The average molecular weight is 309 g/mol. The van der Waals surface area contributed by atoms with Gasteiger partial charge in [-0.3, -0.25) is 10.1 Å². The van der Waals surface area contributed by atoms with E-state index in [0.717, 1.165) is 0 Å². The molecule has 0 aromatic heterocycles. The van der Waals surface area contributed by atoms with Gasteiger partial charge >= 0.3 is 0 Å². The lowest BCUT2D eigenvalue weighted by molar-refractivity contribution is 0.0977. The van der Waals surface area contributed by atoms with Crippen molar-refractivity contribution in [2.75, 3.05) is 5.32 Å². The molecule has 1 amide bonds. The van der Waals surface area contributed by atoms with E-state index in [9.17, 15) is 9.18 Å². The maximum Gasteiger partial charge on any atom is 0.257 e. The smallest absolute Gasteiger partial charge is 0.257 e. The Morgan fingerprint density at radius 1 is 1.15 bits per heavy atom. The Labute approximate surface area is 125 Å². The highest BCUT2D eigenvalue weighted by Crippen LogP contribution is 2.13. The van der Waals surface area contributed by atoms with E-state index in [0.29, 0.717) is 10.6 Å². The van der Waals surface area contributed by atoms with E-state index in [1.165, 1.54) is 18.2 Å². The van der Waals surface area contributed by atoms with Gasteiger partial charge in [0.15, 0.2) is 5.11 Å². The van der Waals surface area contributed by atoms with E-state index in [2.05, 4.69) is 10.6 Å². The number of rotatable bonds is 2. The van der Waals surface area contributed by atoms with Gasteiger partial charge in [0, 0.05) is 10.6 Å². The molecule has 20 heavy (non-hydrogen) atoms. The first-order valence-electron chi connectivity index (χ1n) is 5.68. The number of hydrogen-bond acceptors (Lipinski definition) is 2. The van der Waals surface area contributed by atoms with Gasteiger partial charge in [0.2, 0.25) is 0 Å². The maximum absolute atomic E-state index is 13.4. The Kier molecular flexibility index (Phi) is 4.65. The predicted octanol–water partition coefficient (Wildman–Crippen LogP) is 3.61. The van der Waals surface area contributed by atoms with Crippen LogP contribution in [0.4, 0.5) is 10.1 Å². The van der Waals surface area contributed by atoms with E-state index < -0.39 is 11.7 Å². The number of benzene rings is 2. The summed E-state index contributed by atoms with van der Waals surface area (Å²) in [5.74, 6) is -0.867. The molecule has 0 fully saturated rings. The van der Waals surface area contributed by atoms with Crippen molar-refractivity contribution in [1.82, 2.24) is 5.32 Å². The zero-order chi connectivity index (χ0) is 14.5. The molecule has 0 radical (unpaired) electrons. The van der Waals surface area contributed by atoms with Gasteiger partial charge in [0.05, 0.1) is 5.69 Å². The monoisotopic (exact) mass is 308 g/mol. The molecule has 0 aliphatic heterocycles. The quantitative estimate of drug-likeness (QED) is 0.833. The lowest BCUT2D eigenvalue weighted by Crippen LogP contribution is -2.34. The molecule has 0 heterocycles. The molecule has 0 aliphatic carbocycles. The number of hydrogen-bond donors (Lipinski definition) is 2. The number of halogens is 2. The fourth-order valence-corrected chi connectivity index (χ4v) is 1.91. The van der Waals surface area contributed by atoms with Crippen LogP contribution in [-0.4, -0.2) is 11.0 Å². The third-order valence-corrected chi connectivity index (χ3v) is 2.88. The van der Waals surface area contributed by atoms with Gasteiger partial charge in [-0.2, -0.15) is 0 Å². The van der Waals surface area contributed by atoms with Crippen LogP contribution in [0.25, 0.3) is 0 Å². The molecule has 102 valence electrons. The van der Waals surface area contributed by atoms with Gasteiger partial charge < -0.3 is 5.32 Å². The van der Waals surface area contributed by atoms with E-state index in [1.54, 1.807) is 30.3 Å². The zero-order valence-electron chi connectivity index (χ0n) is 10.2. The molecule has 3 nitrogen and oxygen atoms in total. The highest BCUT2D eigenvalue weighted by atomic mass is 35.5. The van der Waals surface area contributed by atoms with Crippen molar-refractivity contribution in [3.8, 4) is 0 Å². The molecule has 0 unspecified atom stereocenters. The first-order valence-corrected chi connectivity index (χ1v) is 6.47. The van der Waals surface area contributed by atoms with Gasteiger partial charge in [-0.15, -0.1) is 0 Å². The summed E-state index contributed by atoms with van der Waals surface area (Å²) in [4.78, 5) is 11.9. The SMILES string of the molecule is O=C(NC(=S)Nc1ccccc1F)c1cccc(Cl)c1. The highest BCUT2D eigenvalue weighted by molar-refractivity contribution is 7.80. The summed E-state index contributed by atoms with van der Waals surface area (Å²) in [6.45, 7) is 0. The van der Waals surface area contributed by atoms with Gasteiger partial charge in [-0.05, 0) is 42.5 Å². The molecule has 0 spiro atoms. The third-order valence-electron chi connectivity index (χ3n) is 2.44. The number of thiocarbonyl (C=S) groups is 1. The summed E-state index contributed by atoms with van der Waals surface area (Å²) in [7, 11) is 0. The normalized spacial score (nSPS) is 9.90. The van der Waals surface area contributed by atoms with Crippen molar-refractivity contribution in [3.05, 3.63) is 64.9 Å². The molecule has 2 N–H and O–H groups in total. The third kappa shape index (κ3) is 3.76. The number of carbonyl (C=O) groups excluding carboxylic acids is 1. The molecular weight excluding hydrogens is 299 g/mol. The summed E-state index contributed by atoms with van der Waals surface area (Å²) in [6, 6.07) is 12.5. The van der Waals surface area contributed by atoms with Gasteiger partial charge in [0.1, 0.15) is 5.82 Å². The summed E-state index contributed by atoms with van der Waals surface area (Å²) in [6.07, 6.45) is 0. The molecule has 0 saturated heterocycles. The van der Waals surface area contributed by atoms with Crippen molar-refractivity contribution in [2.45, 2.75) is 0 Å². The van der Waals surface area contributed by atoms with Crippen LogP contribution < -0.4 is 10.6 Å². The standard InChI is InChI=1S/C14H10ClFN2OS/c15-10-5-3-4-9(8-10)13(19)18-14(20)17-12-7-2-1-6-11(12)16/h1-8H,(H2,17,18,19,20). The second-order valence-electron chi connectivity index (χ2n) is 3.90. The Morgan fingerprint density at radius 3 is 2.60 bits per heavy atom.